The summed E-state index contributed by atoms with van der Waals surface area (Å²) in [5, 5.41) is 8.15. The first kappa shape index (κ1) is 13.6. The van der Waals surface area contributed by atoms with Crippen LogP contribution in [0, 0.1) is 5.92 Å². The molecule has 0 radical (unpaired) electrons. The Bertz CT molecular complexity index is 267. The van der Waals surface area contributed by atoms with Crippen molar-refractivity contribution in [2.45, 2.75) is 43.1 Å². The number of aliphatic carboxylic acids is 1. The van der Waals surface area contributed by atoms with E-state index in [4.69, 9.17) is 9.84 Å². The second-order valence-corrected chi connectivity index (χ2v) is 6.40. The highest BCUT2D eigenvalue weighted by Crippen LogP contribution is 2.28. The summed E-state index contributed by atoms with van der Waals surface area (Å²) in [6.07, 6.45) is 3.97. The van der Waals surface area contributed by atoms with Gasteiger partial charge in [-0.05, 0) is 18.8 Å². The maximum atomic E-state index is 12.1. The summed E-state index contributed by atoms with van der Waals surface area (Å²) in [5.41, 5.74) is 0. The van der Waals surface area contributed by atoms with Crippen LogP contribution >= 0.6 is 0 Å². The first-order valence-corrected chi connectivity index (χ1v) is 6.95. The van der Waals surface area contributed by atoms with E-state index in [1.807, 2.05) is 0 Å². The molecule has 4 atom stereocenters. The van der Waals surface area contributed by atoms with Crippen molar-refractivity contribution in [2.75, 3.05) is 13.7 Å². The minimum absolute atomic E-state index is 0.0278. The van der Waals surface area contributed by atoms with Gasteiger partial charge in [-0.2, -0.15) is 0 Å². The molecule has 0 heterocycles. The molecule has 0 amide bonds. The first-order valence-electron chi connectivity index (χ1n) is 5.67. The number of carboxylic acid groups (broad SMARTS) is 1. The van der Waals surface area contributed by atoms with Crippen LogP contribution in [0.15, 0.2) is 0 Å². The zero-order valence-corrected chi connectivity index (χ0v) is 10.7. The van der Waals surface area contributed by atoms with Crippen molar-refractivity contribution >= 4 is 16.8 Å². The van der Waals surface area contributed by atoms with Crippen LogP contribution in [0.5, 0.6) is 0 Å². The Labute approximate surface area is 98.8 Å². The molecule has 1 aliphatic rings. The maximum Gasteiger partial charge on any atom is 0.321 e. The fourth-order valence-electron chi connectivity index (χ4n) is 2.21. The van der Waals surface area contributed by atoms with Gasteiger partial charge in [-0.1, -0.05) is 19.8 Å². The number of rotatable bonds is 5. The van der Waals surface area contributed by atoms with Crippen LogP contribution in [0.3, 0.4) is 0 Å². The molecule has 0 aromatic rings. The van der Waals surface area contributed by atoms with Gasteiger partial charge >= 0.3 is 5.97 Å². The average molecular weight is 248 g/mol. The van der Waals surface area contributed by atoms with E-state index in [1.165, 1.54) is 7.11 Å². The van der Waals surface area contributed by atoms with Crippen LogP contribution in [-0.4, -0.2) is 39.5 Å². The number of ether oxygens (including phenoxy) is 1. The second kappa shape index (κ2) is 6.35. The van der Waals surface area contributed by atoms with E-state index < -0.39 is 22.0 Å². The fraction of sp³-hybridized carbons (Fsp3) is 0.909. The lowest BCUT2D eigenvalue weighted by molar-refractivity contribution is -0.137. The monoisotopic (exact) mass is 248 g/mol. The van der Waals surface area contributed by atoms with Crippen LogP contribution in [0.2, 0.25) is 0 Å². The third-order valence-electron chi connectivity index (χ3n) is 3.09. The van der Waals surface area contributed by atoms with Crippen molar-refractivity contribution in [3.05, 3.63) is 0 Å². The predicted octanol–water partition coefficient (Wildman–Crippen LogP) is 1.41. The molecule has 0 aromatic heterocycles. The summed E-state index contributed by atoms with van der Waals surface area (Å²) in [4.78, 5) is 11.0. The molecule has 4 unspecified atom stereocenters. The maximum absolute atomic E-state index is 12.1. The molecular weight excluding hydrogens is 228 g/mol. The Kier molecular flexibility index (Phi) is 5.41. The normalized spacial score (nSPS) is 29.6. The molecule has 1 rings (SSSR count). The lowest BCUT2D eigenvalue weighted by atomic mass is 9.91. The number of hydrogen-bond donors (Lipinski definition) is 1. The van der Waals surface area contributed by atoms with Gasteiger partial charge in [-0.15, -0.1) is 0 Å². The van der Waals surface area contributed by atoms with Gasteiger partial charge in [0.1, 0.15) is 0 Å². The van der Waals surface area contributed by atoms with Gasteiger partial charge in [0.05, 0.1) is 6.61 Å². The van der Waals surface area contributed by atoms with E-state index in [2.05, 4.69) is 6.92 Å². The topological polar surface area (TPSA) is 63.6 Å². The third-order valence-corrected chi connectivity index (χ3v) is 5.07. The molecule has 1 saturated carbocycles. The second-order valence-electron chi connectivity index (χ2n) is 4.50. The van der Waals surface area contributed by atoms with E-state index >= 15 is 0 Å². The summed E-state index contributed by atoms with van der Waals surface area (Å²) in [7, 11) is 0.122. The lowest BCUT2D eigenvalue weighted by Gasteiger charge is -2.27. The number of methoxy groups -OCH3 is 1. The van der Waals surface area contributed by atoms with Crippen LogP contribution in [0.4, 0.5) is 0 Å². The molecule has 4 nitrogen and oxygen atoms in total. The van der Waals surface area contributed by atoms with E-state index in [0.717, 1.165) is 25.7 Å². The summed E-state index contributed by atoms with van der Waals surface area (Å²) < 4.78 is 17.0. The van der Waals surface area contributed by atoms with Crippen molar-refractivity contribution in [1.82, 2.24) is 0 Å². The van der Waals surface area contributed by atoms with Crippen molar-refractivity contribution in [1.29, 1.82) is 0 Å². The Morgan fingerprint density at radius 3 is 2.75 bits per heavy atom. The van der Waals surface area contributed by atoms with Crippen molar-refractivity contribution in [3.63, 3.8) is 0 Å². The largest absolute Gasteiger partial charge is 0.480 e. The van der Waals surface area contributed by atoms with Crippen LogP contribution < -0.4 is 0 Å². The van der Waals surface area contributed by atoms with Gasteiger partial charge in [-0.25, -0.2) is 0 Å². The molecule has 1 N–H and O–H groups in total. The highest BCUT2D eigenvalue weighted by molar-refractivity contribution is 7.87. The molecule has 16 heavy (non-hydrogen) atoms. The van der Waals surface area contributed by atoms with Gasteiger partial charge in [0.2, 0.25) is 0 Å². The Hall–Kier alpha value is -0.420. The molecule has 5 heteroatoms. The summed E-state index contributed by atoms with van der Waals surface area (Å²) >= 11 is 0. The minimum Gasteiger partial charge on any atom is -0.480 e. The minimum atomic E-state index is -1.32. The van der Waals surface area contributed by atoms with Crippen LogP contribution in [-0.2, 0) is 20.3 Å². The molecule has 1 fully saturated rings. The predicted molar refractivity (Wildman–Crippen MR) is 62.9 cm³/mol. The van der Waals surface area contributed by atoms with Crippen LogP contribution in [0.25, 0.3) is 0 Å². The molecule has 0 saturated heterocycles. The smallest absolute Gasteiger partial charge is 0.321 e. The van der Waals surface area contributed by atoms with Gasteiger partial charge in [-0.3, -0.25) is 9.00 Å². The zero-order chi connectivity index (χ0) is 12.1. The highest BCUT2D eigenvalue weighted by Gasteiger charge is 2.33. The van der Waals surface area contributed by atoms with E-state index in [9.17, 15) is 9.00 Å². The van der Waals surface area contributed by atoms with E-state index in [1.54, 1.807) is 0 Å². The van der Waals surface area contributed by atoms with E-state index in [-0.39, 0.29) is 11.9 Å². The Morgan fingerprint density at radius 1 is 1.56 bits per heavy atom. The zero-order valence-electron chi connectivity index (χ0n) is 9.85. The summed E-state index contributed by atoms with van der Waals surface area (Å²) in [5.74, 6) is -0.460. The van der Waals surface area contributed by atoms with Gasteiger partial charge in [0.25, 0.3) is 0 Å². The standard InChI is InChI=1S/C11H20O4S/c1-8-4-3-5-9(6-8)16(14)10(7-15-2)11(12)13/h8-10H,3-7H2,1-2H3,(H,12,13). The van der Waals surface area contributed by atoms with Crippen molar-refractivity contribution in [3.8, 4) is 0 Å². The first-order chi connectivity index (χ1) is 7.56. The molecule has 0 aromatic carbocycles. The molecule has 94 valence electrons. The van der Waals surface area contributed by atoms with E-state index in [0.29, 0.717) is 5.92 Å². The molecular formula is C11H20O4S. The summed E-state index contributed by atoms with van der Waals surface area (Å²) in [6, 6.07) is 0. The quantitative estimate of drug-likeness (QED) is 0.799. The molecule has 0 aliphatic heterocycles. The van der Waals surface area contributed by atoms with Crippen molar-refractivity contribution in [2.24, 2.45) is 5.92 Å². The molecule has 1 aliphatic carbocycles. The SMILES string of the molecule is COCC(C(=O)O)S(=O)C1CCCC(C)C1. The molecule has 0 spiro atoms. The third kappa shape index (κ3) is 3.56. The number of carboxylic acids is 1. The fourth-order valence-corrected chi connectivity index (χ4v) is 4.06. The van der Waals surface area contributed by atoms with Gasteiger partial charge < -0.3 is 9.84 Å². The van der Waals surface area contributed by atoms with Crippen molar-refractivity contribution < 1.29 is 18.8 Å². The Balaban J connectivity index is 2.62. The number of carbonyl (C=O) groups is 1. The summed E-state index contributed by atoms with van der Waals surface area (Å²) in [6.45, 7) is 2.17. The van der Waals surface area contributed by atoms with Gasteiger partial charge in [0.15, 0.2) is 5.25 Å². The Morgan fingerprint density at radius 2 is 2.25 bits per heavy atom. The lowest BCUT2D eigenvalue weighted by Crippen LogP contribution is -2.37. The highest BCUT2D eigenvalue weighted by atomic mass is 32.2. The number of hydrogen-bond acceptors (Lipinski definition) is 3. The molecule has 0 bridgehead atoms. The van der Waals surface area contributed by atoms with Gasteiger partial charge in [0, 0.05) is 23.2 Å². The average Bonchev–Trinajstić information content (AvgIpc) is 2.24. The van der Waals surface area contributed by atoms with Crippen LogP contribution in [0.1, 0.15) is 32.6 Å².